The van der Waals surface area contributed by atoms with Crippen LogP contribution in [0.15, 0.2) is 24.3 Å². The second-order valence-electron chi connectivity index (χ2n) is 5.14. The number of benzene rings is 1. The Hall–Kier alpha value is -1.95. The highest BCUT2D eigenvalue weighted by Gasteiger charge is 2.23. The summed E-state index contributed by atoms with van der Waals surface area (Å²) in [6.45, 7) is 2.95. The predicted octanol–water partition coefficient (Wildman–Crippen LogP) is 1.11. The molecule has 106 valence electrons. The van der Waals surface area contributed by atoms with Gasteiger partial charge in [-0.05, 0) is 31.9 Å². The largest absolute Gasteiger partial charge is 0.376 e. The van der Waals surface area contributed by atoms with Crippen LogP contribution in [0.25, 0.3) is 11.0 Å². The zero-order valence-corrected chi connectivity index (χ0v) is 11.5. The van der Waals surface area contributed by atoms with Crippen LogP contribution in [-0.4, -0.2) is 39.7 Å². The Kier molecular flexibility index (Phi) is 3.64. The first-order valence-electron chi connectivity index (χ1n) is 6.93. The highest BCUT2D eigenvalue weighted by Crippen LogP contribution is 2.15. The highest BCUT2D eigenvalue weighted by atomic mass is 16.5. The third kappa shape index (κ3) is 2.65. The summed E-state index contributed by atoms with van der Waals surface area (Å²) < 4.78 is 7.19. The van der Waals surface area contributed by atoms with Crippen molar-refractivity contribution in [3.8, 4) is 0 Å². The fourth-order valence-corrected chi connectivity index (χ4v) is 2.56. The maximum absolute atomic E-state index is 12.1. The lowest BCUT2D eigenvalue weighted by atomic mass is 10.1. The highest BCUT2D eigenvalue weighted by molar-refractivity contribution is 5.79. The van der Waals surface area contributed by atoms with Crippen LogP contribution in [0, 0.1) is 0 Å². The molecule has 20 heavy (non-hydrogen) atoms. The number of nitrogens with one attached hydrogen (secondary N) is 1. The monoisotopic (exact) mass is 274 g/mol. The van der Waals surface area contributed by atoms with Crippen molar-refractivity contribution in [1.82, 2.24) is 20.3 Å². The van der Waals surface area contributed by atoms with Gasteiger partial charge >= 0.3 is 0 Å². The van der Waals surface area contributed by atoms with Gasteiger partial charge in [-0.15, -0.1) is 5.10 Å². The zero-order chi connectivity index (χ0) is 13.9. The lowest BCUT2D eigenvalue weighted by Crippen LogP contribution is -2.42. The summed E-state index contributed by atoms with van der Waals surface area (Å²) in [5.74, 6) is -0.0661. The van der Waals surface area contributed by atoms with Gasteiger partial charge < -0.3 is 10.1 Å². The second kappa shape index (κ2) is 5.58. The lowest BCUT2D eigenvalue weighted by molar-refractivity contribution is -0.123. The fraction of sp³-hybridized carbons (Fsp3) is 0.500. The van der Waals surface area contributed by atoms with Crippen LogP contribution < -0.4 is 5.32 Å². The van der Waals surface area contributed by atoms with Gasteiger partial charge in [-0.1, -0.05) is 17.3 Å². The molecule has 1 saturated heterocycles. The molecule has 2 atom stereocenters. The number of nitrogens with zero attached hydrogens (tertiary/aromatic N) is 3. The van der Waals surface area contributed by atoms with Gasteiger partial charge in [-0.2, -0.15) is 0 Å². The molecule has 2 heterocycles. The van der Waals surface area contributed by atoms with Crippen molar-refractivity contribution in [2.45, 2.75) is 38.5 Å². The number of ether oxygens (including phenoxy) is 1. The third-order valence-corrected chi connectivity index (χ3v) is 3.62. The van der Waals surface area contributed by atoms with E-state index in [1.165, 1.54) is 0 Å². The molecule has 0 saturated carbocycles. The molecule has 0 aliphatic carbocycles. The molecule has 1 aliphatic rings. The van der Waals surface area contributed by atoms with Crippen LogP contribution >= 0.6 is 0 Å². The Bertz CT molecular complexity index is 604. The number of carbonyl (C=O) groups is 1. The first-order valence-corrected chi connectivity index (χ1v) is 6.93. The summed E-state index contributed by atoms with van der Waals surface area (Å²) in [5.41, 5.74) is 1.67. The number of fused-ring (bicyclic) bond motifs is 1. The topological polar surface area (TPSA) is 69.0 Å². The third-order valence-electron chi connectivity index (χ3n) is 3.62. The Morgan fingerprint density at radius 3 is 3.20 bits per heavy atom. The molecule has 6 nitrogen and oxygen atoms in total. The Labute approximate surface area is 117 Å². The smallest absolute Gasteiger partial charge is 0.242 e. The first kappa shape index (κ1) is 13.1. The van der Waals surface area contributed by atoms with Gasteiger partial charge in [0.1, 0.15) is 12.1 Å². The molecule has 1 fully saturated rings. The average molecular weight is 274 g/mol. The van der Waals surface area contributed by atoms with Gasteiger partial charge in [0.25, 0.3) is 0 Å². The molecular weight excluding hydrogens is 256 g/mol. The molecule has 0 spiro atoms. The molecule has 0 radical (unpaired) electrons. The number of aromatic nitrogens is 3. The second-order valence-corrected chi connectivity index (χ2v) is 5.14. The average Bonchev–Trinajstić information content (AvgIpc) is 3.09. The molecule has 3 rings (SSSR count). The number of amides is 1. The summed E-state index contributed by atoms with van der Waals surface area (Å²) in [7, 11) is 0. The van der Waals surface area contributed by atoms with Crippen molar-refractivity contribution in [1.29, 1.82) is 0 Å². The molecule has 1 aromatic heterocycles. The number of rotatable bonds is 4. The van der Waals surface area contributed by atoms with Crippen LogP contribution in [-0.2, 0) is 16.1 Å². The SMILES string of the molecule is C[C@H](NC(=O)Cn1nnc2ccccc21)[C@H]1CCCO1. The van der Waals surface area contributed by atoms with Crippen molar-refractivity contribution in [3.63, 3.8) is 0 Å². The van der Waals surface area contributed by atoms with E-state index >= 15 is 0 Å². The summed E-state index contributed by atoms with van der Waals surface area (Å²) in [6.07, 6.45) is 2.21. The van der Waals surface area contributed by atoms with Crippen molar-refractivity contribution >= 4 is 16.9 Å². The number of hydrogen-bond acceptors (Lipinski definition) is 4. The van der Waals surface area contributed by atoms with E-state index in [1.807, 2.05) is 31.2 Å². The Morgan fingerprint density at radius 2 is 2.40 bits per heavy atom. The normalized spacial score (nSPS) is 20.1. The van der Waals surface area contributed by atoms with Crippen molar-refractivity contribution in [2.75, 3.05) is 6.61 Å². The van der Waals surface area contributed by atoms with Crippen molar-refractivity contribution in [3.05, 3.63) is 24.3 Å². The zero-order valence-electron chi connectivity index (χ0n) is 11.5. The van der Waals surface area contributed by atoms with E-state index in [9.17, 15) is 4.79 Å². The summed E-state index contributed by atoms with van der Waals surface area (Å²) in [5, 5.41) is 11.0. The van der Waals surface area contributed by atoms with Crippen molar-refractivity contribution < 1.29 is 9.53 Å². The van der Waals surface area contributed by atoms with Crippen LogP contribution in [0.4, 0.5) is 0 Å². The van der Waals surface area contributed by atoms with Crippen LogP contribution in [0.3, 0.4) is 0 Å². The minimum atomic E-state index is -0.0661. The van der Waals surface area contributed by atoms with Gasteiger partial charge in [0.2, 0.25) is 5.91 Å². The quantitative estimate of drug-likeness (QED) is 0.907. The Morgan fingerprint density at radius 1 is 1.55 bits per heavy atom. The maximum Gasteiger partial charge on any atom is 0.242 e. The van der Waals surface area contributed by atoms with E-state index in [0.717, 1.165) is 30.5 Å². The Balaban J connectivity index is 1.63. The molecule has 0 bridgehead atoms. The standard InChI is InChI=1S/C14H18N4O2/c1-10(13-7-4-8-20-13)15-14(19)9-18-12-6-3-2-5-11(12)16-17-18/h2-3,5-6,10,13H,4,7-9H2,1H3,(H,15,19)/t10-,13+/m0/s1. The minimum Gasteiger partial charge on any atom is -0.376 e. The van der Waals surface area contributed by atoms with Crippen LogP contribution in [0.1, 0.15) is 19.8 Å². The molecule has 1 N–H and O–H groups in total. The van der Waals surface area contributed by atoms with Gasteiger partial charge in [-0.3, -0.25) is 4.79 Å². The van der Waals surface area contributed by atoms with E-state index in [4.69, 9.17) is 4.74 Å². The fourth-order valence-electron chi connectivity index (χ4n) is 2.56. The van der Waals surface area contributed by atoms with Crippen LogP contribution in [0.5, 0.6) is 0 Å². The number of hydrogen-bond donors (Lipinski definition) is 1. The molecule has 1 amide bonds. The molecule has 1 aliphatic heterocycles. The first-order chi connectivity index (χ1) is 9.74. The summed E-state index contributed by atoms with van der Waals surface area (Å²) in [6, 6.07) is 7.63. The van der Waals surface area contributed by atoms with E-state index < -0.39 is 0 Å². The number of carbonyl (C=O) groups excluding carboxylic acids is 1. The van der Waals surface area contributed by atoms with E-state index in [2.05, 4.69) is 15.6 Å². The van der Waals surface area contributed by atoms with Gasteiger partial charge in [0.15, 0.2) is 0 Å². The summed E-state index contributed by atoms with van der Waals surface area (Å²) in [4.78, 5) is 12.1. The maximum atomic E-state index is 12.1. The molecular formula is C14H18N4O2. The van der Waals surface area contributed by atoms with Gasteiger partial charge in [0, 0.05) is 6.61 Å². The van der Waals surface area contributed by atoms with E-state index in [-0.39, 0.29) is 24.6 Å². The molecule has 2 aromatic rings. The van der Waals surface area contributed by atoms with Crippen LogP contribution in [0.2, 0.25) is 0 Å². The molecule has 1 aromatic carbocycles. The van der Waals surface area contributed by atoms with Gasteiger partial charge in [-0.25, -0.2) is 4.68 Å². The van der Waals surface area contributed by atoms with Gasteiger partial charge in [0.05, 0.1) is 17.7 Å². The van der Waals surface area contributed by atoms with Crippen molar-refractivity contribution in [2.24, 2.45) is 0 Å². The number of para-hydroxylation sites is 1. The predicted molar refractivity (Wildman–Crippen MR) is 74.1 cm³/mol. The van der Waals surface area contributed by atoms with E-state index in [0.29, 0.717) is 0 Å². The minimum absolute atomic E-state index is 0.0276. The molecule has 0 unspecified atom stereocenters. The lowest BCUT2D eigenvalue weighted by Gasteiger charge is -2.19. The summed E-state index contributed by atoms with van der Waals surface area (Å²) >= 11 is 0. The molecule has 6 heteroatoms. The van der Waals surface area contributed by atoms with E-state index in [1.54, 1.807) is 4.68 Å².